The lowest BCUT2D eigenvalue weighted by Gasteiger charge is -2.56. The Balaban J connectivity index is 1.29. The number of aliphatic hydroxyl groups excluding tert-OH is 1. The summed E-state index contributed by atoms with van der Waals surface area (Å²) in [5.74, 6) is 2.67. The molecule has 7 unspecified atom stereocenters. The van der Waals surface area contributed by atoms with E-state index in [2.05, 4.69) is 30.1 Å². The zero-order chi connectivity index (χ0) is 34.5. The number of fused-ring (bicyclic) bond motifs is 7. The molecule has 1 saturated carbocycles. The van der Waals surface area contributed by atoms with Gasteiger partial charge in [-0.15, -0.1) is 0 Å². The van der Waals surface area contributed by atoms with Gasteiger partial charge in [-0.05, 0) is 63.2 Å². The number of hydrogen-bond donors (Lipinski definition) is 3. The Hall–Kier alpha value is -1.57. The van der Waals surface area contributed by atoms with Crippen molar-refractivity contribution in [1.29, 1.82) is 0 Å². The fourth-order valence-corrected chi connectivity index (χ4v) is 13.2. The summed E-state index contributed by atoms with van der Waals surface area (Å²) in [6, 6.07) is 0.298. The molecule has 0 radical (unpaired) electrons. The second kappa shape index (κ2) is 14.5. The van der Waals surface area contributed by atoms with E-state index in [1.807, 2.05) is 28.5 Å². The summed E-state index contributed by atoms with van der Waals surface area (Å²) >= 11 is 0. The number of carbonyl (C=O) groups is 3. The van der Waals surface area contributed by atoms with Gasteiger partial charge < -0.3 is 29.5 Å². The average Bonchev–Trinajstić information content (AvgIpc) is 3.43. The molecule has 272 valence electrons. The Kier molecular flexibility index (Phi) is 10.6. The second-order valence-corrected chi connectivity index (χ2v) is 18.5. The van der Waals surface area contributed by atoms with Crippen LogP contribution >= 0.6 is 21.6 Å². The number of quaternary nitrogens is 1. The molecule has 12 atom stereocenters. The lowest BCUT2D eigenvalue weighted by molar-refractivity contribution is -0.706. The first-order chi connectivity index (χ1) is 23.6. The summed E-state index contributed by atoms with van der Waals surface area (Å²) < 4.78 is 20.1. The van der Waals surface area contributed by atoms with E-state index in [4.69, 9.17) is 19.9 Å². The van der Waals surface area contributed by atoms with Crippen LogP contribution < -0.4 is 11.1 Å². The molecule has 12 heteroatoms. The fraction of sp³-hybridized carbons (Fsp3) is 0.811. The van der Waals surface area contributed by atoms with Crippen molar-refractivity contribution in [3.8, 4) is 0 Å². The number of rotatable bonds is 5. The molecule has 7 aliphatic rings. The molecule has 0 aromatic heterocycles. The van der Waals surface area contributed by atoms with Crippen LogP contribution in [0.3, 0.4) is 0 Å². The zero-order valence-electron chi connectivity index (χ0n) is 29.3. The van der Waals surface area contributed by atoms with Crippen molar-refractivity contribution < 1.29 is 39.0 Å². The first-order valence-corrected chi connectivity index (χ1v) is 21.3. The third-order valence-corrected chi connectivity index (χ3v) is 15.8. The average molecular weight is 719 g/mol. The minimum Gasteiger partial charge on any atom is -0.462 e. The highest BCUT2D eigenvalue weighted by molar-refractivity contribution is 8.76. The van der Waals surface area contributed by atoms with Crippen molar-refractivity contribution in [3.05, 3.63) is 23.3 Å². The SMILES string of the molecule is CC=C(CCO)C(=O)O[C@]1(C)CC=C2CSSC[C@H]3[C@H](CC)CN3C(=O)CC3C[NH2+]C(N)CC3[C@@H]2[C@]12CC1CC3CCC(=O)OC3CC1O2. The van der Waals surface area contributed by atoms with Gasteiger partial charge in [0.15, 0.2) is 0 Å². The number of allylic oxidation sites excluding steroid dienone is 1. The van der Waals surface area contributed by atoms with Crippen molar-refractivity contribution in [2.75, 3.05) is 31.2 Å². The largest absolute Gasteiger partial charge is 0.462 e. The van der Waals surface area contributed by atoms with Crippen LogP contribution in [0.15, 0.2) is 23.3 Å². The Bertz CT molecular complexity index is 1360. The Morgan fingerprint density at radius 2 is 2.04 bits per heavy atom. The molecule has 1 spiro atoms. The highest BCUT2D eigenvalue weighted by atomic mass is 33.1. The minimum absolute atomic E-state index is 0.0686. The lowest BCUT2D eigenvalue weighted by Crippen LogP contribution is -2.96. The molecule has 0 aromatic carbocycles. The third-order valence-electron chi connectivity index (χ3n) is 13.4. The molecule has 0 bridgehead atoms. The van der Waals surface area contributed by atoms with E-state index >= 15 is 0 Å². The van der Waals surface area contributed by atoms with E-state index in [0.717, 1.165) is 56.7 Å². The molecule has 5 saturated heterocycles. The van der Waals surface area contributed by atoms with Crippen LogP contribution in [0.2, 0.25) is 0 Å². The molecular weight excluding hydrogens is 663 g/mol. The van der Waals surface area contributed by atoms with Gasteiger partial charge >= 0.3 is 11.9 Å². The maximum atomic E-state index is 14.1. The molecule has 5 aliphatic heterocycles. The van der Waals surface area contributed by atoms with Crippen LogP contribution in [0.5, 0.6) is 0 Å². The summed E-state index contributed by atoms with van der Waals surface area (Å²) in [4.78, 5) is 42.4. The molecule has 0 aromatic rings. The summed E-state index contributed by atoms with van der Waals surface area (Å²) in [6.07, 6.45) is 10.4. The van der Waals surface area contributed by atoms with Gasteiger partial charge in [0.05, 0.1) is 12.6 Å². The van der Waals surface area contributed by atoms with Crippen LogP contribution in [0.25, 0.3) is 0 Å². The predicted octanol–water partition coefficient (Wildman–Crippen LogP) is 3.33. The standard InChI is InChI=1S/C37H55N3O7S2/c1-4-21(9-11-41)35(44)47-36(3)10-8-24-19-48-49-20-28-22(5-2)18-40(28)32(42)13-26-17-39-31(38)14-27(26)34(24)37(36)16-25-12-23-6-7-33(43)45-29(23)15-30(25)46-37/h4,8,22-23,25-31,34,39,41H,5-7,9-20,38H2,1-3H3/p+1/t22-,23?,25?,26?,27?,28+,29?,30?,31?,34-,36-,37-/m1/s1. The van der Waals surface area contributed by atoms with Gasteiger partial charge in [0.1, 0.15) is 23.5 Å². The molecule has 49 heavy (non-hydrogen) atoms. The van der Waals surface area contributed by atoms with E-state index in [1.54, 1.807) is 6.08 Å². The highest BCUT2D eigenvalue weighted by Crippen LogP contribution is 2.62. The third kappa shape index (κ3) is 6.53. The van der Waals surface area contributed by atoms with Gasteiger partial charge in [0.25, 0.3) is 0 Å². The topological polar surface area (TPSA) is 145 Å². The maximum Gasteiger partial charge on any atom is 0.334 e. The van der Waals surface area contributed by atoms with Gasteiger partial charge in [-0.2, -0.15) is 0 Å². The molecule has 5 heterocycles. The van der Waals surface area contributed by atoms with Gasteiger partial charge in [-0.3, -0.25) is 15.3 Å². The Morgan fingerprint density at radius 3 is 2.82 bits per heavy atom. The van der Waals surface area contributed by atoms with E-state index in [9.17, 15) is 19.5 Å². The van der Waals surface area contributed by atoms with Crippen molar-refractivity contribution in [2.24, 2.45) is 41.2 Å². The summed E-state index contributed by atoms with van der Waals surface area (Å²) in [7, 11) is 3.74. The molecule has 6 fully saturated rings. The zero-order valence-corrected chi connectivity index (χ0v) is 31.0. The van der Waals surface area contributed by atoms with E-state index in [-0.39, 0.29) is 66.9 Å². The molecule has 7 rings (SSSR count). The number of amides is 1. The summed E-state index contributed by atoms with van der Waals surface area (Å²) in [5.41, 5.74) is 6.71. The van der Waals surface area contributed by atoms with Crippen molar-refractivity contribution in [1.82, 2.24) is 4.90 Å². The van der Waals surface area contributed by atoms with E-state index < -0.39 is 17.2 Å². The number of piperidine rings is 1. The smallest absolute Gasteiger partial charge is 0.334 e. The lowest BCUT2D eigenvalue weighted by atomic mass is 9.56. The molecule has 5 N–H and O–H groups in total. The quantitative estimate of drug-likeness (QED) is 0.168. The van der Waals surface area contributed by atoms with Crippen LogP contribution in [0.1, 0.15) is 85.0 Å². The van der Waals surface area contributed by atoms with E-state index in [1.165, 1.54) is 5.57 Å². The molecule has 2 aliphatic carbocycles. The van der Waals surface area contributed by atoms with Gasteiger partial charge in [0, 0.05) is 86.6 Å². The number of nitrogens with zero attached hydrogens (tertiary/aromatic N) is 1. The number of esters is 2. The van der Waals surface area contributed by atoms with Crippen LogP contribution in [0.4, 0.5) is 0 Å². The van der Waals surface area contributed by atoms with E-state index in [0.29, 0.717) is 49.1 Å². The second-order valence-electron chi connectivity index (χ2n) is 16.0. The van der Waals surface area contributed by atoms with Gasteiger partial charge in [-0.1, -0.05) is 46.2 Å². The monoisotopic (exact) mass is 718 g/mol. The normalized spacial score (nSPS) is 44.1. The number of nitrogens with two attached hydrogens (primary N) is 2. The predicted molar refractivity (Wildman–Crippen MR) is 189 cm³/mol. The van der Waals surface area contributed by atoms with Crippen LogP contribution in [-0.2, 0) is 28.6 Å². The molecule has 1 amide bonds. The van der Waals surface area contributed by atoms with Crippen molar-refractivity contribution in [2.45, 2.75) is 121 Å². The first kappa shape index (κ1) is 35.8. The Morgan fingerprint density at radius 1 is 1.20 bits per heavy atom. The molecule has 10 nitrogen and oxygen atoms in total. The number of aliphatic hydroxyl groups is 1. The van der Waals surface area contributed by atoms with Crippen molar-refractivity contribution >= 4 is 39.4 Å². The number of carbonyl (C=O) groups excluding carboxylic acids is 3. The highest BCUT2D eigenvalue weighted by Gasteiger charge is 2.68. The maximum absolute atomic E-state index is 14.1. The number of ether oxygens (including phenoxy) is 3. The Labute approximate surface area is 298 Å². The van der Waals surface area contributed by atoms with Gasteiger partial charge in [0.2, 0.25) is 5.91 Å². The van der Waals surface area contributed by atoms with Crippen LogP contribution in [-0.4, -0.2) is 94.7 Å². The number of hydrogen-bond acceptors (Lipinski definition) is 10. The summed E-state index contributed by atoms with van der Waals surface area (Å²) in [5, 5.41) is 11.9. The first-order valence-electron chi connectivity index (χ1n) is 18.8. The van der Waals surface area contributed by atoms with Crippen LogP contribution in [0, 0.1) is 35.5 Å². The van der Waals surface area contributed by atoms with Gasteiger partial charge in [-0.25, -0.2) is 4.79 Å². The fourth-order valence-electron chi connectivity index (χ4n) is 10.7. The summed E-state index contributed by atoms with van der Waals surface area (Å²) in [6.45, 7) is 7.58. The minimum atomic E-state index is -0.993. The molecular formula is C37H56N3O7S2+. The van der Waals surface area contributed by atoms with Crippen molar-refractivity contribution in [3.63, 3.8) is 0 Å².